The van der Waals surface area contributed by atoms with Gasteiger partial charge in [0, 0.05) is 18.8 Å². The lowest BCUT2D eigenvalue weighted by Crippen LogP contribution is -2.43. The second-order valence-electron chi connectivity index (χ2n) is 5.12. The first-order chi connectivity index (χ1) is 10.1. The third-order valence-electron chi connectivity index (χ3n) is 3.76. The molecule has 1 aliphatic rings. The summed E-state index contributed by atoms with van der Waals surface area (Å²) in [6, 6.07) is 4.59. The summed E-state index contributed by atoms with van der Waals surface area (Å²) in [5.74, 6) is 0. The summed E-state index contributed by atoms with van der Waals surface area (Å²) in [6.07, 6.45) is 6.00. The van der Waals surface area contributed by atoms with E-state index in [1.165, 1.54) is 22.6 Å². The number of aliphatic hydroxyl groups is 1. The Balaban J connectivity index is 2.29. The highest BCUT2D eigenvalue weighted by atomic mass is 32.2. The second kappa shape index (κ2) is 6.98. The van der Waals surface area contributed by atoms with Gasteiger partial charge in [-0.05, 0) is 25.0 Å². The molecule has 1 heterocycles. The van der Waals surface area contributed by atoms with E-state index in [-0.39, 0.29) is 29.8 Å². The Morgan fingerprint density at radius 3 is 2.57 bits per heavy atom. The molecule has 2 rings (SSSR count). The summed E-state index contributed by atoms with van der Waals surface area (Å²) < 4.78 is 26.8. The highest BCUT2D eigenvalue weighted by Gasteiger charge is 2.32. The molecule has 6 nitrogen and oxygen atoms in total. The van der Waals surface area contributed by atoms with Crippen molar-refractivity contribution < 1.29 is 13.5 Å². The van der Waals surface area contributed by atoms with E-state index in [0.717, 1.165) is 32.1 Å². The van der Waals surface area contributed by atoms with Crippen LogP contribution in [0.15, 0.2) is 23.2 Å². The lowest BCUT2D eigenvalue weighted by Gasteiger charge is -2.32. The number of hydrogen-bond acceptors (Lipinski definition) is 5. The molecule has 0 bridgehead atoms. The molecular weight excluding hydrogens is 290 g/mol. The number of rotatable bonds is 5. The Kier molecular flexibility index (Phi) is 5.28. The first-order valence-electron chi connectivity index (χ1n) is 7.08. The van der Waals surface area contributed by atoms with Gasteiger partial charge >= 0.3 is 0 Å². The number of pyridine rings is 1. The fraction of sp³-hybridized carbons (Fsp3) is 0.571. The SMILES string of the molecule is N#Cc1ccc(S(=O)(=O)N(CCO)C2CCCCC2)cn1. The highest BCUT2D eigenvalue weighted by molar-refractivity contribution is 7.89. The van der Waals surface area contributed by atoms with E-state index in [2.05, 4.69) is 4.98 Å². The molecule has 1 N–H and O–H groups in total. The highest BCUT2D eigenvalue weighted by Crippen LogP contribution is 2.27. The summed E-state index contributed by atoms with van der Waals surface area (Å²) in [5, 5.41) is 17.9. The van der Waals surface area contributed by atoms with Crippen LogP contribution >= 0.6 is 0 Å². The maximum absolute atomic E-state index is 12.7. The molecular formula is C14H19N3O3S. The van der Waals surface area contributed by atoms with Gasteiger partial charge in [-0.25, -0.2) is 13.4 Å². The zero-order valence-electron chi connectivity index (χ0n) is 11.8. The smallest absolute Gasteiger partial charge is 0.244 e. The molecule has 21 heavy (non-hydrogen) atoms. The molecule has 114 valence electrons. The molecule has 0 aliphatic heterocycles. The van der Waals surface area contributed by atoms with Gasteiger partial charge in [0.25, 0.3) is 0 Å². The predicted molar refractivity (Wildman–Crippen MR) is 76.8 cm³/mol. The number of hydrogen-bond donors (Lipinski definition) is 1. The third-order valence-corrected chi connectivity index (χ3v) is 5.70. The number of nitrogens with zero attached hydrogens (tertiary/aromatic N) is 3. The monoisotopic (exact) mass is 309 g/mol. The minimum Gasteiger partial charge on any atom is -0.395 e. The van der Waals surface area contributed by atoms with Crippen LogP contribution < -0.4 is 0 Å². The van der Waals surface area contributed by atoms with E-state index in [0.29, 0.717) is 0 Å². The van der Waals surface area contributed by atoms with Gasteiger partial charge in [0.05, 0.1) is 6.61 Å². The first-order valence-corrected chi connectivity index (χ1v) is 8.52. The molecule has 0 saturated heterocycles. The summed E-state index contributed by atoms with van der Waals surface area (Å²) >= 11 is 0. The van der Waals surface area contributed by atoms with Crippen LogP contribution in [0.25, 0.3) is 0 Å². The van der Waals surface area contributed by atoms with Crippen LogP contribution in [0.3, 0.4) is 0 Å². The van der Waals surface area contributed by atoms with Gasteiger partial charge in [-0.1, -0.05) is 19.3 Å². The molecule has 0 spiro atoms. The van der Waals surface area contributed by atoms with E-state index in [9.17, 15) is 13.5 Å². The molecule has 1 aromatic rings. The minimum atomic E-state index is -3.69. The molecule has 1 aliphatic carbocycles. The van der Waals surface area contributed by atoms with Crippen molar-refractivity contribution >= 4 is 10.0 Å². The van der Waals surface area contributed by atoms with Gasteiger partial charge in [0.1, 0.15) is 16.7 Å². The van der Waals surface area contributed by atoms with Gasteiger partial charge in [-0.2, -0.15) is 9.57 Å². The lowest BCUT2D eigenvalue weighted by molar-refractivity contribution is 0.199. The first kappa shape index (κ1) is 15.9. The summed E-state index contributed by atoms with van der Waals surface area (Å²) in [4.78, 5) is 3.89. The molecule has 1 aromatic heterocycles. The molecule has 0 amide bonds. The number of aliphatic hydroxyl groups excluding tert-OH is 1. The van der Waals surface area contributed by atoms with Crippen molar-refractivity contribution in [1.82, 2.24) is 9.29 Å². The summed E-state index contributed by atoms with van der Waals surface area (Å²) in [5.41, 5.74) is 0.181. The zero-order chi connectivity index (χ0) is 15.3. The maximum Gasteiger partial charge on any atom is 0.244 e. The van der Waals surface area contributed by atoms with Crippen molar-refractivity contribution in [1.29, 1.82) is 5.26 Å². The Morgan fingerprint density at radius 1 is 1.33 bits per heavy atom. The Labute approximate surface area is 125 Å². The van der Waals surface area contributed by atoms with Crippen molar-refractivity contribution in [2.75, 3.05) is 13.2 Å². The van der Waals surface area contributed by atoms with Gasteiger partial charge in [-0.15, -0.1) is 0 Å². The normalized spacial score (nSPS) is 16.8. The van der Waals surface area contributed by atoms with Crippen LogP contribution in [-0.4, -0.2) is 42.0 Å². The van der Waals surface area contributed by atoms with E-state index in [1.807, 2.05) is 6.07 Å². The maximum atomic E-state index is 12.7. The van der Waals surface area contributed by atoms with Crippen molar-refractivity contribution in [3.8, 4) is 6.07 Å². The quantitative estimate of drug-likeness (QED) is 0.884. The largest absolute Gasteiger partial charge is 0.395 e. The number of sulfonamides is 1. The molecule has 0 unspecified atom stereocenters. The van der Waals surface area contributed by atoms with Gasteiger partial charge < -0.3 is 5.11 Å². The second-order valence-corrected chi connectivity index (χ2v) is 7.01. The molecule has 0 aromatic carbocycles. The van der Waals surface area contributed by atoms with Crippen LogP contribution in [0.1, 0.15) is 37.8 Å². The zero-order valence-corrected chi connectivity index (χ0v) is 12.6. The Hall–Kier alpha value is -1.49. The average Bonchev–Trinajstić information content (AvgIpc) is 2.53. The molecule has 0 atom stereocenters. The topological polar surface area (TPSA) is 94.3 Å². The predicted octanol–water partition coefficient (Wildman–Crippen LogP) is 1.27. The van der Waals surface area contributed by atoms with Crippen LogP contribution in [0.2, 0.25) is 0 Å². The summed E-state index contributed by atoms with van der Waals surface area (Å²) in [7, 11) is -3.69. The van der Waals surface area contributed by atoms with E-state index >= 15 is 0 Å². The molecule has 7 heteroatoms. The van der Waals surface area contributed by atoms with E-state index in [1.54, 1.807) is 0 Å². The van der Waals surface area contributed by atoms with Crippen molar-refractivity contribution in [2.45, 2.75) is 43.0 Å². The van der Waals surface area contributed by atoms with Crippen molar-refractivity contribution in [3.05, 3.63) is 24.0 Å². The van der Waals surface area contributed by atoms with E-state index in [4.69, 9.17) is 5.26 Å². The molecule has 0 radical (unpaired) electrons. The van der Waals surface area contributed by atoms with Gasteiger partial charge in [-0.3, -0.25) is 0 Å². The van der Waals surface area contributed by atoms with E-state index < -0.39 is 10.0 Å². The van der Waals surface area contributed by atoms with Crippen molar-refractivity contribution in [3.63, 3.8) is 0 Å². The number of aromatic nitrogens is 1. The fourth-order valence-corrected chi connectivity index (χ4v) is 4.32. The van der Waals surface area contributed by atoms with Crippen molar-refractivity contribution in [2.24, 2.45) is 0 Å². The standard InChI is InChI=1S/C14H19N3O3S/c15-10-12-6-7-14(11-16-12)21(19,20)17(8-9-18)13-4-2-1-3-5-13/h6-7,11,13,18H,1-5,8-9H2. The molecule has 1 fully saturated rings. The van der Waals surface area contributed by atoms with Crippen LogP contribution in [0, 0.1) is 11.3 Å². The van der Waals surface area contributed by atoms with Crippen LogP contribution in [0.4, 0.5) is 0 Å². The Bertz CT molecular complexity index is 601. The fourth-order valence-electron chi connectivity index (χ4n) is 2.70. The molecule has 1 saturated carbocycles. The average molecular weight is 309 g/mol. The van der Waals surface area contributed by atoms with Gasteiger partial charge in [0.15, 0.2) is 0 Å². The lowest BCUT2D eigenvalue weighted by atomic mass is 9.95. The number of nitriles is 1. The van der Waals surface area contributed by atoms with Crippen LogP contribution in [0.5, 0.6) is 0 Å². The Morgan fingerprint density at radius 2 is 2.05 bits per heavy atom. The third kappa shape index (κ3) is 3.59. The van der Waals surface area contributed by atoms with Gasteiger partial charge in [0.2, 0.25) is 10.0 Å². The van der Waals surface area contributed by atoms with Crippen LogP contribution in [-0.2, 0) is 10.0 Å². The summed E-state index contributed by atoms with van der Waals surface area (Å²) in [6.45, 7) is -0.119. The minimum absolute atomic E-state index is 0.0634.